The van der Waals surface area contributed by atoms with Crippen molar-refractivity contribution in [3.8, 4) is 0 Å². The maximum absolute atomic E-state index is 13.0. The largest absolute Gasteiger partial charge is 0.348 e. The number of nitrogens with zero attached hydrogens (tertiary/aromatic N) is 2. The van der Waals surface area contributed by atoms with E-state index in [0.29, 0.717) is 13.1 Å². The van der Waals surface area contributed by atoms with Gasteiger partial charge in [-0.3, -0.25) is 19.4 Å². The molecule has 1 atom stereocenters. The van der Waals surface area contributed by atoms with Crippen LogP contribution in [0.15, 0.2) is 48.5 Å². The first-order valence-electron chi connectivity index (χ1n) is 10.2. The van der Waals surface area contributed by atoms with Gasteiger partial charge in [0.25, 0.3) is 0 Å². The minimum absolute atomic E-state index is 0.0295. The van der Waals surface area contributed by atoms with Gasteiger partial charge in [0.2, 0.25) is 11.8 Å². The number of benzene rings is 2. The summed E-state index contributed by atoms with van der Waals surface area (Å²) in [6.45, 7) is 7.49. The van der Waals surface area contributed by atoms with Gasteiger partial charge in [-0.25, -0.2) is 4.39 Å². The minimum Gasteiger partial charge on any atom is -0.348 e. The first kappa shape index (κ1) is 21.9. The molecule has 30 heavy (non-hydrogen) atoms. The molecule has 0 saturated carbocycles. The monoisotopic (exact) mass is 412 g/mol. The third-order valence-electron chi connectivity index (χ3n) is 5.28. The molecule has 0 spiro atoms. The first-order valence-corrected chi connectivity index (χ1v) is 10.2. The van der Waals surface area contributed by atoms with Crippen LogP contribution in [0.2, 0.25) is 0 Å². The number of hydrogen-bond donors (Lipinski definition) is 2. The number of hydrogen-bond acceptors (Lipinski definition) is 4. The molecule has 2 amide bonds. The number of carbonyl (C=O) groups excluding carboxylic acids is 2. The number of amides is 2. The maximum atomic E-state index is 13.0. The SMILES string of the molecule is Cc1ccc(NC(=O)CN2CCN(CC(=O)NC(C)c3ccc(F)cc3)CC2)cc1. The number of halogens is 1. The molecule has 2 aromatic carbocycles. The fourth-order valence-electron chi connectivity index (χ4n) is 3.47. The van der Waals surface area contributed by atoms with E-state index in [1.54, 1.807) is 12.1 Å². The van der Waals surface area contributed by atoms with Crippen molar-refractivity contribution < 1.29 is 14.0 Å². The van der Waals surface area contributed by atoms with Crippen LogP contribution in [0.5, 0.6) is 0 Å². The van der Waals surface area contributed by atoms with Crippen molar-refractivity contribution in [1.29, 1.82) is 0 Å². The van der Waals surface area contributed by atoms with Crippen LogP contribution in [-0.4, -0.2) is 60.9 Å². The second kappa shape index (κ2) is 10.3. The maximum Gasteiger partial charge on any atom is 0.238 e. The molecule has 6 nitrogen and oxygen atoms in total. The molecule has 1 heterocycles. The van der Waals surface area contributed by atoms with Crippen LogP contribution in [0.3, 0.4) is 0 Å². The van der Waals surface area contributed by atoms with E-state index in [4.69, 9.17) is 0 Å². The molecule has 1 aliphatic rings. The lowest BCUT2D eigenvalue weighted by molar-refractivity contribution is -0.124. The van der Waals surface area contributed by atoms with Gasteiger partial charge in [0, 0.05) is 31.9 Å². The normalized spacial score (nSPS) is 16.1. The topological polar surface area (TPSA) is 64.7 Å². The molecule has 1 unspecified atom stereocenters. The second-order valence-corrected chi connectivity index (χ2v) is 7.81. The van der Waals surface area contributed by atoms with E-state index in [0.717, 1.165) is 43.0 Å². The van der Waals surface area contributed by atoms with E-state index in [2.05, 4.69) is 20.4 Å². The van der Waals surface area contributed by atoms with Gasteiger partial charge in [0.05, 0.1) is 19.1 Å². The highest BCUT2D eigenvalue weighted by atomic mass is 19.1. The van der Waals surface area contributed by atoms with E-state index in [1.807, 2.05) is 38.1 Å². The molecule has 3 rings (SSSR count). The van der Waals surface area contributed by atoms with Gasteiger partial charge in [-0.05, 0) is 43.7 Å². The van der Waals surface area contributed by atoms with Crippen LogP contribution < -0.4 is 10.6 Å². The van der Waals surface area contributed by atoms with Crippen LogP contribution >= 0.6 is 0 Å². The molecule has 2 N–H and O–H groups in total. The zero-order valence-corrected chi connectivity index (χ0v) is 17.5. The highest BCUT2D eigenvalue weighted by Gasteiger charge is 2.21. The van der Waals surface area contributed by atoms with Crippen molar-refractivity contribution in [2.24, 2.45) is 0 Å². The molecule has 0 aromatic heterocycles. The lowest BCUT2D eigenvalue weighted by atomic mass is 10.1. The van der Waals surface area contributed by atoms with E-state index < -0.39 is 0 Å². The Morgan fingerprint density at radius 1 is 0.900 bits per heavy atom. The molecule has 7 heteroatoms. The van der Waals surface area contributed by atoms with E-state index in [-0.39, 0.29) is 23.7 Å². The summed E-state index contributed by atoms with van der Waals surface area (Å²) in [6.07, 6.45) is 0. The molecule has 160 valence electrons. The Balaban J connectivity index is 1.37. The number of piperazine rings is 1. The number of carbonyl (C=O) groups is 2. The van der Waals surface area contributed by atoms with E-state index in [9.17, 15) is 14.0 Å². The van der Waals surface area contributed by atoms with Crippen LogP contribution in [0, 0.1) is 12.7 Å². The summed E-state index contributed by atoms with van der Waals surface area (Å²) < 4.78 is 13.0. The molecule has 2 aromatic rings. The van der Waals surface area contributed by atoms with Crippen LogP contribution in [-0.2, 0) is 9.59 Å². The second-order valence-electron chi connectivity index (χ2n) is 7.81. The summed E-state index contributed by atoms with van der Waals surface area (Å²) in [6, 6.07) is 13.7. The summed E-state index contributed by atoms with van der Waals surface area (Å²) >= 11 is 0. The van der Waals surface area contributed by atoms with Gasteiger partial charge in [0.15, 0.2) is 0 Å². The fraction of sp³-hybridized carbons (Fsp3) is 0.391. The van der Waals surface area contributed by atoms with Gasteiger partial charge >= 0.3 is 0 Å². The Labute approximate surface area is 177 Å². The van der Waals surface area contributed by atoms with Gasteiger partial charge in [0.1, 0.15) is 5.82 Å². The number of anilines is 1. The Bertz CT molecular complexity index is 847. The number of rotatable bonds is 7. The molecule has 0 radical (unpaired) electrons. The predicted molar refractivity (Wildman–Crippen MR) is 116 cm³/mol. The molecule has 0 aliphatic carbocycles. The summed E-state index contributed by atoms with van der Waals surface area (Å²) in [7, 11) is 0. The van der Waals surface area contributed by atoms with Gasteiger partial charge in [-0.1, -0.05) is 29.8 Å². The molecular formula is C23H29FN4O2. The predicted octanol–water partition coefficient (Wildman–Crippen LogP) is 2.57. The lowest BCUT2D eigenvalue weighted by Gasteiger charge is -2.34. The third-order valence-corrected chi connectivity index (χ3v) is 5.28. The highest BCUT2D eigenvalue weighted by molar-refractivity contribution is 5.92. The fourth-order valence-corrected chi connectivity index (χ4v) is 3.47. The molecule has 1 aliphatic heterocycles. The van der Waals surface area contributed by atoms with Crippen molar-refractivity contribution in [2.45, 2.75) is 19.9 Å². The zero-order chi connectivity index (χ0) is 21.5. The Hall–Kier alpha value is -2.77. The van der Waals surface area contributed by atoms with Crippen LogP contribution in [0.25, 0.3) is 0 Å². The standard InChI is InChI=1S/C23H29FN4O2/c1-17-3-9-21(10-4-17)26-23(30)16-28-13-11-27(12-14-28)15-22(29)25-18(2)19-5-7-20(24)8-6-19/h3-10,18H,11-16H2,1-2H3,(H,25,29)(H,26,30). The molecule has 0 bridgehead atoms. The number of nitrogens with one attached hydrogen (secondary N) is 2. The smallest absolute Gasteiger partial charge is 0.238 e. The Morgan fingerprint density at radius 2 is 1.43 bits per heavy atom. The zero-order valence-electron chi connectivity index (χ0n) is 17.5. The summed E-state index contributed by atoms with van der Waals surface area (Å²) in [5, 5.41) is 5.88. The van der Waals surface area contributed by atoms with Crippen LogP contribution in [0.1, 0.15) is 24.1 Å². The average molecular weight is 413 g/mol. The van der Waals surface area contributed by atoms with Gasteiger partial charge in [-0.15, -0.1) is 0 Å². The van der Waals surface area contributed by atoms with E-state index >= 15 is 0 Å². The third kappa shape index (κ3) is 6.64. The lowest BCUT2D eigenvalue weighted by Crippen LogP contribution is -2.51. The van der Waals surface area contributed by atoms with Crippen molar-refractivity contribution >= 4 is 17.5 Å². The van der Waals surface area contributed by atoms with Crippen LogP contribution in [0.4, 0.5) is 10.1 Å². The number of aryl methyl sites for hydroxylation is 1. The first-order chi connectivity index (χ1) is 14.4. The quantitative estimate of drug-likeness (QED) is 0.734. The highest BCUT2D eigenvalue weighted by Crippen LogP contribution is 2.13. The molecular weight excluding hydrogens is 383 g/mol. The summed E-state index contributed by atoms with van der Waals surface area (Å²) in [5.74, 6) is -0.377. The molecule has 1 saturated heterocycles. The minimum atomic E-state index is -0.289. The van der Waals surface area contributed by atoms with Crippen molar-refractivity contribution in [2.75, 3.05) is 44.6 Å². The Morgan fingerprint density at radius 3 is 2.00 bits per heavy atom. The Kier molecular flexibility index (Phi) is 7.54. The van der Waals surface area contributed by atoms with E-state index in [1.165, 1.54) is 12.1 Å². The molecule has 1 fully saturated rings. The van der Waals surface area contributed by atoms with Crippen molar-refractivity contribution in [1.82, 2.24) is 15.1 Å². The van der Waals surface area contributed by atoms with Gasteiger partial charge in [-0.2, -0.15) is 0 Å². The van der Waals surface area contributed by atoms with Crippen molar-refractivity contribution in [3.05, 3.63) is 65.5 Å². The summed E-state index contributed by atoms with van der Waals surface area (Å²) in [4.78, 5) is 28.8. The summed E-state index contributed by atoms with van der Waals surface area (Å²) in [5.41, 5.74) is 2.82. The van der Waals surface area contributed by atoms with Gasteiger partial charge < -0.3 is 10.6 Å². The van der Waals surface area contributed by atoms with Crippen molar-refractivity contribution in [3.63, 3.8) is 0 Å². The average Bonchev–Trinajstić information content (AvgIpc) is 2.71.